The van der Waals surface area contributed by atoms with E-state index in [4.69, 9.17) is 4.74 Å². The molecule has 1 fully saturated rings. The molecular formula is C17H20N2O2. The molecule has 0 spiro atoms. The van der Waals surface area contributed by atoms with Gasteiger partial charge in [0.25, 0.3) is 0 Å². The predicted octanol–water partition coefficient (Wildman–Crippen LogP) is 3.54. The number of nitrogens with zero attached hydrogens (tertiary/aromatic N) is 2. The SMILES string of the molecule is CCOC(=O)c1cnn(-c2cc(C)cc(C)c2)c1C1CC1. The zero-order valence-electron chi connectivity index (χ0n) is 12.7. The first-order chi connectivity index (χ1) is 10.1. The molecule has 1 heterocycles. The fourth-order valence-corrected chi connectivity index (χ4v) is 2.75. The Hall–Kier alpha value is -2.10. The van der Waals surface area contributed by atoms with E-state index < -0.39 is 0 Å². The molecule has 3 rings (SSSR count). The Morgan fingerprint density at radius 1 is 1.29 bits per heavy atom. The summed E-state index contributed by atoms with van der Waals surface area (Å²) in [5, 5.41) is 4.45. The normalized spacial score (nSPS) is 14.2. The lowest BCUT2D eigenvalue weighted by molar-refractivity contribution is 0.0525. The number of esters is 1. The Kier molecular flexibility index (Phi) is 3.53. The third-order valence-corrected chi connectivity index (χ3v) is 3.72. The molecule has 1 aromatic carbocycles. The summed E-state index contributed by atoms with van der Waals surface area (Å²) in [6, 6.07) is 6.33. The molecule has 0 unspecified atom stereocenters. The van der Waals surface area contributed by atoms with E-state index in [0.717, 1.165) is 24.2 Å². The average Bonchev–Trinajstić information content (AvgIpc) is 3.16. The molecule has 0 radical (unpaired) electrons. The summed E-state index contributed by atoms with van der Waals surface area (Å²) in [6.45, 7) is 6.35. The van der Waals surface area contributed by atoms with Gasteiger partial charge >= 0.3 is 5.97 Å². The van der Waals surface area contributed by atoms with Crippen molar-refractivity contribution in [3.63, 3.8) is 0 Å². The van der Waals surface area contributed by atoms with Gasteiger partial charge in [-0.25, -0.2) is 9.48 Å². The summed E-state index contributed by atoms with van der Waals surface area (Å²) >= 11 is 0. The average molecular weight is 284 g/mol. The van der Waals surface area contributed by atoms with Crippen LogP contribution in [0.4, 0.5) is 0 Å². The topological polar surface area (TPSA) is 44.1 Å². The molecule has 0 atom stereocenters. The molecule has 2 aromatic rings. The molecule has 1 aromatic heterocycles. The summed E-state index contributed by atoms with van der Waals surface area (Å²) in [6.07, 6.45) is 3.87. The fraction of sp³-hybridized carbons (Fsp3) is 0.412. The fourth-order valence-electron chi connectivity index (χ4n) is 2.75. The van der Waals surface area contributed by atoms with E-state index in [1.54, 1.807) is 6.20 Å². The highest BCUT2D eigenvalue weighted by molar-refractivity contribution is 5.91. The van der Waals surface area contributed by atoms with Gasteiger partial charge in [0, 0.05) is 5.92 Å². The van der Waals surface area contributed by atoms with E-state index in [-0.39, 0.29) is 5.97 Å². The highest BCUT2D eigenvalue weighted by atomic mass is 16.5. The summed E-state index contributed by atoms with van der Waals surface area (Å²) in [4.78, 5) is 12.1. The Balaban J connectivity index is 2.08. The standard InChI is InChI=1S/C17H20N2O2/c1-4-21-17(20)15-10-18-19(16(15)13-5-6-13)14-8-11(2)7-12(3)9-14/h7-10,13H,4-6H2,1-3H3. The Labute approximate surface area is 124 Å². The molecule has 0 N–H and O–H groups in total. The van der Waals surface area contributed by atoms with Crippen molar-refractivity contribution >= 4 is 5.97 Å². The van der Waals surface area contributed by atoms with Crippen LogP contribution in [0.5, 0.6) is 0 Å². The number of benzene rings is 1. The van der Waals surface area contributed by atoms with Crippen LogP contribution in [-0.2, 0) is 4.74 Å². The van der Waals surface area contributed by atoms with Crippen molar-refractivity contribution in [2.24, 2.45) is 0 Å². The molecule has 1 aliphatic rings. The monoisotopic (exact) mass is 284 g/mol. The number of hydrogen-bond acceptors (Lipinski definition) is 3. The second-order valence-electron chi connectivity index (χ2n) is 5.70. The third-order valence-electron chi connectivity index (χ3n) is 3.72. The second-order valence-corrected chi connectivity index (χ2v) is 5.70. The number of ether oxygens (including phenoxy) is 1. The van der Waals surface area contributed by atoms with E-state index in [2.05, 4.69) is 37.1 Å². The van der Waals surface area contributed by atoms with Crippen molar-refractivity contribution in [1.82, 2.24) is 9.78 Å². The van der Waals surface area contributed by atoms with Gasteiger partial charge in [-0.2, -0.15) is 5.10 Å². The number of hydrogen-bond donors (Lipinski definition) is 0. The zero-order valence-corrected chi connectivity index (χ0v) is 12.7. The van der Waals surface area contributed by atoms with Crippen molar-refractivity contribution in [2.45, 2.75) is 39.5 Å². The van der Waals surface area contributed by atoms with Gasteiger partial charge in [-0.3, -0.25) is 0 Å². The highest BCUT2D eigenvalue weighted by Crippen LogP contribution is 2.42. The number of aryl methyl sites for hydroxylation is 2. The smallest absolute Gasteiger partial charge is 0.341 e. The van der Waals surface area contributed by atoms with Gasteiger partial charge in [0.1, 0.15) is 5.56 Å². The highest BCUT2D eigenvalue weighted by Gasteiger charge is 2.33. The Morgan fingerprint density at radius 3 is 2.52 bits per heavy atom. The third kappa shape index (κ3) is 2.71. The first-order valence-electron chi connectivity index (χ1n) is 7.44. The van der Waals surface area contributed by atoms with Gasteiger partial charge < -0.3 is 4.74 Å². The maximum atomic E-state index is 12.1. The lowest BCUT2D eigenvalue weighted by Gasteiger charge is -2.10. The summed E-state index contributed by atoms with van der Waals surface area (Å²) in [5.74, 6) is 0.155. The van der Waals surface area contributed by atoms with Crippen molar-refractivity contribution < 1.29 is 9.53 Å². The van der Waals surface area contributed by atoms with E-state index >= 15 is 0 Å². The number of aromatic nitrogens is 2. The predicted molar refractivity (Wildman–Crippen MR) is 81.0 cm³/mol. The first-order valence-corrected chi connectivity index (χ1v) is 7.44. The quantitative estimate of drug-likeness (QED) is 0.807. The van der Waals surface area contributed by atoms with E-state index in [0.29, 0.717) is 18.1 Å². The van der Waals surface area contributed by atoms with Gasteiger partial charge in [0.15, 0.2) is 0 Å². The van der Waals surface area contributed by atoms with Gasteiger partial charge in [-0.1, -0.05) is 6.07 Å². The molecule has 0 bridgehead atoms. The molecule has 4 nitrogen and oxygen atoms in total. The lowest BCUT2D eigenvalue weighted by atomic mass is 10.1. The zero-order chi connectivity index (χ0) is 15.0. The van der Waals surface area contributed by atoms with Crippen LogP contribution in [0.2, 0.25) is 0 Å². The Bertz CT molecular complexity index is 664. The Morgan fingerprint density at radius 2 is 1.95 bits per heavy atom. The second kappa shape index (κ2) is 5.35. The van der Waals surface area contributed by atoms with Crippen molar-refractivity contribution in [1.29, 1.82) is 0 Å². The van der Waals surface area contributed by atoms with Crippen LogP contribution >= 0.6 is 0 Å². The van der Waals surface area contributed by atoms with Crippen LogP contribution in [0, 0.1) is 13.8 Å². The number of rotatable bonds is 4. The molecular weight excluding hydrogens is 264 g/mol. The van der Waals surface area contributed by atoms with E-state index in [9.17, 15) is 4.79 Å². The number of carbonyl (C=O) groups excluding carboxylic acids is 1. The van der Waals surface area contributed by atoms with Crippen molar-refractivity contribution in [2.75, 3.05) is 6.61 Å². The molecule has 0 aliphatic heterocycles. The van der Waals surface area contributed by atoms with Gasteiger partial charge in [0.2, 0.25) is 0 Å². The van der Waals surface area contributed by atoms with E-state index in [1.807, 2.05) is 11.6 Å². The van der Waals surface area contributed by atoms with Crippen LogP contribution < -0.4 is 0 Å². The minimum Gasteiger partial charge on any atom is -0.462 e. The van der Waals surface area contributed by atoms with Crippen LogP contribution in [0.1, 0.15) is 52.9 Å². The van der Waals surface area contributed by atoms with E-state index in [1.165, 1.54) is 11.1 Å². The van der Waals surface area contributed by atoms with Crippen LogP contribution in [0.3, 0.4) is 0 Å². The molecule has 1 saturated carbocycles. The van der Waals surface area contributed by atoms with Crippen molar-refractivity contribution in [3.8, 4) is 5.69 Å². The summed E-state index contributed by atoms with van der Waals surface area (Å²) < 4.78 is 7.06. The molecule has 1 aliphatic carbocycles. The van der Waals surface area contributed by atoms with Crippen LogP contribution in [0.15, 0.2) is 24.4 Å². The van der Waals surface area contributed by atoms with Crippen LogP contribution in [-0.4, -0.2) is 22.4 Å². The molecule has 0 amide bonds. The molecule has 4 heteroatoms. The van der Waals surface area contributed by atoms with Gasteiger partial charge in [0.05, 0.1) is 24.2 Å². The molecule has 21 heavy (non-hydrogen) atoms. The maximum absolute atomic E-state index is 12.1. The number of carbonyl (C=O) groups is 1. The molecule has 0 saturated heterocycles. The lowest BCUT2D eigenvalue weighted by Crippen LogP contribution is -2.09. The van der Waals surface area contributed by atoms with Crippen molar-refractivity contribution in [3.05, 3.63) is 46.8 Å². The van der Waals surface area contributed by atoms with Crippen LogP contribution in [0.25, 0.3) is 5.69 Å². The van der Waals surface area contributed by atoms with Gasteiger partial charge in [-0.05, 0) is 56.9 Å². The maximum Gasteiger partial charge on any atom is 0.341 e. The first kappa shape index (κ1) is 13.9. The largest absolute Gasteiger partial charge is 0.462 e. The summed E-state index contributed by atoms with van der Waals surface area (Å²) in [5.41, 5.74) is 5.02. The molecule has 110 valence electrons. The minimum atomic E-state index is -0.268. The van der Waals surface area contributed by atoms with Gasteiger partial charge in [-0.15, -0.1) is 0 Å². The minimum absolute atomic E-state index is 0.268. The summed E-state index contributed by atoms with van der Waals surface area (Å²) in [7, 11) is 0.